The minimum atomic E-state index is -0.655. The number of hydrogen-bond acceptors (Lipinski definition) is 3. The summed E-state index contributed by atoms with van der Waals surface area (Å²) in [6.07, 6.45) is 0.482. The molecule has 2 aliphatic rings. The summed E-state index contributed by atoms with van der Waals surface area (Å²) in [7, 11) is 0. The predicted octanol–water partition coefficient (Wildman–Crippen LogP) is 4.00. The second-order valence-electron chi connectivity index (χ2n) is 8.23. The highest BCUT2D eigenvalue weighted by Crippen LogP contribution is 2.45. The first-order valence-electron chi connectivity index (χ1n) is 9.69. The lowest BCUT2D eigenvalue weighted by atomic mass is 9.85. The zero-order valence-electron chi connectivity index (χ0n) is 16.5. The number of para-hydroxylation sites is 1. The Balaban J connectivity index is 1.59. The first kappa shape index (κ1) is 17.7. The Bertz CT molecular complexity index is 1190. The third-order valence-corrected chi connectivity index (χ3v) is 6.17. The van der Waals surface area contributed by atoms with Crippen LogP contribution >= 0.6 is 0 Å². The molecule has 29 heavy (non-hydrogen) atoms. The number of hydrogen-bond donors (Lipinski definition) is 1. The highest BCUT2D eigenvalue weighted by atomic mass is 16.2. The van der Waals surface area contributed by atoms with E-state index in [2.05, 4.69) is 11.1 Å². The van der Waals surface area contributed by atoms with Crippen molar-refractivity contribution in [2.75, 3.05) is 4.90 Å². The summed E-state index contributed by atoms with van der Waals surface area (Å²) in [5.41, 5.74) is 3.48. The first-order valence-corrected chi connectivity index (χ1v) is 9.69. The quantitative estimate of drug-likeness (QED) is 0.534. The van der Waals surface area contributed by atoms with Crippen LogP contribution < -0.4 is 4.90 Å². The van der Waals surface area contributed by atoms with E-state index in [1.807, 2.05) is 32.0 Å². The predicted molar refractivity (Wildman–Crippen MR) is 110 cm³/mol. The van der Waals surface area contributed by atoms with Gasteiger partial charge in [-0.05, 0) is 56.7 Å². The van der Waals surface area contributed by atoms with Gasteiger partial charge in [-0.25, -0.2) is 9.69 Å². The Labute approximate surface area is 168 Å². The van der Waals surface area contributed by atoms with Gasteiger partial charge in [-0.15, -0.1) is 0 Å². The van der Waals surface area contributed by atoms with Gasteiger partial charge in [0, 0.05) is 28.6 Å². The normalized spacial score (nSPS) is 20.2. The van der Waals surface area contributed by atoms with Gasteiger partial charge < -0.3 is 9.88 Å². The van der Waals surface area contributed by atoms with Crippen LogP contribution in [0.25, 0.3) is 10.9 Å². The van der Waals surface area contributed by atoms with Crippen LogP contribution in [-0.4, -0.2) is 33.6 Å². The first-order chi connectivity index (χ1) is 13.8. The Morgan fingerprint density at radius 1 is 1.07 bits per heavy atom. The molecule has 6 heteroatoms. The van der Waals surface area contributed by atoms with Crippen LogP contribution in [0.1, 0.15) is 42.4 Å². The fraction of sp³-hybridized carbons (Fsp3) is 0.261. The topological polar surface area (TPSA) is 73.5 Å². The number of fused-ring (bicyclic) bond motifs is 4. The molecular weight excluding hydrogens is 366 g/mol. The summed E-state index contributed by atoms with van der Waals surface area (Å²) in [5.74, 6) is -0.283. The number of urea groups is 1. The highest BCUT2D eigenvalue weighted by molar-refractivity contribution is 6.22. The summed E-state index contributed by atoms with van der Waals surface area (Å²) < 4.78 is 0. The van der Waals surface area contributed by atoms with Gasteiger partial charge in [0.1, 0.15) is 6.04 Å². The van der Waals surface area contributed by atoms with Gasteiger partial charge in [-0.3, -0.25) is 9.59 Å². The van der Waals surface area contributed by atoms with Gasteiger partial charge >= 0.3 is 6.03 Å². The standard InChI is InChI=1S/C23H21N3O3/c1-13(27)14-8-10-15(11-9-14)25-21(28)19-12-17-16-6-4-5-7-18(16)24-20(17)23(2,3)26(19)22(25)29/h4-11,19,24H,12H2,1-3H3/t19-/m0/s1. The van der Waals surface area contributed by atoms with E-state index in [1.165, 1.54) is 11.8 Å². The lowest BCUT2D eigenvalue weighted by molar-refractivity contribution is -0.121. The van der Waals surface area contributed by atoms with Crippen LogP contribution in [0, 0.1) is 0 Å². The molecule has 2 aliphatic heterocycles. The van der Waals surface area contributed by atoms with Crippen LogP contribution in [0.2, 0.25) is 0 Å². The highest BCUT2D eigenvalue weighted by Gasteiger charge is 2.55. The smallest absolute Gasteiger partial charge is 0.332 e. The van der Waals surface area contributed by atoms with E-state index in [-0.39, 0.29) is 17.7 Å². The largest absolute Gasteiger partial charge is 0.356 e. The molecule has 6 nitrogen and oxygen atoms in total. The molecule has 1 atom stereocenters. The average Bonchev–Trinajstić information content (AvgIpc) is 3.19. The fourth-order valence-electron chi connectivity index (χ4n) is 4.73. The van der Waals surface area contributed by atoms with Crippen molar-refractivity contribution in [2.24, 2.45) is 0 Å². The molecule has 0 radical (unpaired) electrons. The van der Waals surface area contributed by atoms with E-state index < -0.39 is 11.6 Å². The molecule has 0 unspecified atom stereocenters. The molecule has 146 valence electrons. The second-order valence-corrected chi connectivity index (χ2v) is 8.23. The number of imide groups is 1. The van der Waals surface area contributed by atoms with Crippen LogP contribution in [0.4, 0.5) is 10.5 Å². The van der Waals surface area contributed by atoms with Crippen molar-refractivity contribution in [3.8, 4) is 0 Å². The molecule has 0 spiro atoms. The lowest BCUT2D eigenvalue weighted by Crippen LogP contribution is -2.52. The Kier molecular flexibility index (Phi) is 3.53. The maximum atomic E-state index is 13.4. The number of amides is 3. The van der Waals surface area contributed by atoms with Crippen molar-refractivity contribution in [3.05, 3.63) is 65.4 Å². The molecule has 2 aromatic carbocycles. The Morgan fingerprint density at radius 3 is 2.45 bits per heavy atom. The van der Waals surface area contributed by atoms with Crippen molar-refractivity contribution < 1.29 is 14.4 Å². The molecule has 1 fully saturated rings. The van der Waals surface area contributed by atoms with Crippen molar-refractivity contribution in [1.29, 1.82) is 0 Å². The molecule has 0 bridgehead atoms. The van der Waals surface area contributed by atoms with Crippen LogP contribution in [0.3, 0.4) is 0 Å². The van der Waals surface area contributed by atoms with Crippen LogP contribution in [0.5, 0.6) is 0 Å². The van der Waals surface area contributed by atoms with E-state index >= 15 is 0 Å². The van der Waals surface area contributed by atoms with E-state index in [9.17, 15) is 14.4 Å². The van der Waals surface area contributed by atoms with E-state index in [0.717, 1.165) is 22.2 Å². The molecule has 0 saturated carbocycles. The van der Waals surface area contributed by atoms with Crippen LogP contribution in [0.15, 0.2) is 48.5 Å². The summed E-state index contributed by atoms with van der Waals surface area (Å²) in [6.45, 7) is 5.43. The van der Waals surface area contributed by atoms with Gasteiger partial charge in [0.15, 0.2) is 5.78 Å². The van der Waals surface area contributed by atoms with Gasteiger partial charge in [0.2, 0.25) is 0 Å². The molecule has 3 amide bonds. The maximum absolute atomic E-state index is 13.4. The van der Waals surface area contributed by atoms with Crippen molar-refractivity contribution >= 4 is 34.3 Å². The number of ketones is 1. The molecule has 1 N–H and O–H groups in total. The molecule has 3 heterocycles. The van der Waals surface area contributed by atoms with Crippen molar-refractivity contribution in [3.63, 3.8) is 0 Å². The number of benzene rings is 2. The molecule has 3 aromatic rings. The lowest BCUT2D eigenvalue weighted by Gasteiger charge is -2.42. The van der Waals surface area contributed by atoms with E-state index in [0.29, 0.717) is 17.7 Å². The minimum Gasteiger partial charge on any atom is -0.356 e. The number of carbonyl (C=O) groups excluding carboxylic acids is 3. The van der Waals surface area contributed by atoms with Gasteiger partial charge in [-0.1, -0.05) is 18.2 Å². The minimum absolute atomic E-state index is 0.0560. The number of nitrogens with one attached hydrogen (secondary N) is 1. The monoisotopic (exact) mass is 387 g/mol. The Morgan fingerprint density at radius 2 is 1.76 bits per heavy atom. The number of aromatic amines is 1. The van der Waals surface area contributed by atoms with Crippen LogP contribution in [-0.2, 0) is 16.8 Å². The van der Waals surface area contributed by atoms with E-state index in [1.54, 1.807) is 29.2 Å². The number of anilines is 1. The summed E-state index contributed by atoms with van der Waals surface area (Å²) >= 11 is 0. The van der Waals surface area contributed by atoms with Crippen molar-refractivity contribution in [1.82, 2.24) is 9.88 Å². The average molecular weight is 387 g/mol. The maximum Gasteiger partial charge on any atom is 0.332 e. The second kappa shape index (κ2) is 5.80. The van der Waals surface area contributed by atoms with E-state index in [4.69, 9.17) is 0 Å². The molecule has 1 saturated heterocycles. The number of aromatic nitrogens is 1. The zero-order chi connectivity index (χ0) is 20.5. The Hall–Kier alpha value is -3.41. The summed E-state index contributed by atoms with van der Waals surface area (Å²) in [5, 5.41) is 1.10. The fourth-order valence-corrected chi connectivity index (χ4v) is 4.73. The molecule has 5 rings (SSSR count). The number of carbonyl (C=O) groups is 3. The van der Waals surface area contributed by atoms with Crippen molar-refractivity contribution in [2.45, 2.75) is 38.8 Å². The third-order valence-electron chi connectivity index (χ3n) is 6.17. The third kappa shape index (κ3) is 2.32. The molecule has 0 aliphatic carbocycles. The molecular formula is C23H21N3O3. The summed E-state index contributed by atoms with van der Waals surface area (Å²) in [4.78, 5) is 44.6. The zero-order valence-corrected chi connectivity index (χ0v) is 16.5. The van der Waals surface area contributed by atoms with Gasteiger partial charge in [-0.2, -0.15) is 0 Å². The van der Waals surface area contributed by atoms with Gasteiger partial charge in [0.05, 0.1) is 11.2 Å². The number of rotatable bonds is 2. The number of nitrogens with zero attached hydrogens (tertiary/aromatic N) is 2. The summed E-state index contributed by atoms with van der Waals surface area (Å²) in [6, 6.07) is 13.8. The number of Topliss-reactive ketones (excluding diaryl/α,β-unsaturated/α-hetero) is 1. The molecule has 1 aromatic heterocycles. The SMILES string of the molecule is CC(=O)c1ccc(N2C(=O)[C@@H]3Cc4c([nH]c5ccccc45)C(C)(C)N3C2=O)cc1. The van der Waals surface area contributed by atoms with Gasteiger partial charge in [0.25, 0.3) is 5.91 Å². The number of H-pyrrole nitrogens is 1.